The molecule has 1 fully saturated rings. The van der Waals surface area contributed by atoms with Gasteiger partial charge in [-0.15, -0.1) is 0 Å². The molecule has 13 heteroatoms. The van der Waals surface area contributed by atoms with Crippen LogP contribution in [0.3, 0.4) is 0 Å². The van der Waals surface area contributed by atoms with E-state index in [9.17, 15) is 24.0 Å². The lowest BCUT2D eigenvalue weighted by atomic mass is 10.1. The number of carboxylic acid groups (broad SMARTS) is 2. The molecule has 1 aliphatic rings. The number of piperazine rings is 1. The van der Waals surface area contributed by atoms with Crippen molar-refractivity contribution in [1.82, 2.24) is 15.1 Å². The second kappa shape index (κ2) is 10.7. The van der Waals surface area contributed by atoms with E-state index in [-0.39, 0.29) is 24.6 Å². The SMILES string of the molecule is CN=C(N)Nc1ccc(C(=O)NCC(=O)N2CCN(CC(=O)O)C(=O)[C@@H]2CC(=O)O)cc1. The number of guanidine groups is 1. The average Bonchev–Trinajstić information content (AvgIpc) is 2.74. The van der Waals surface area contributed by atoms with E-state index in [2.05, 4.69) is 15.6 Å². The maximum atomic E-state index is 12.6. The smallest absolute Gasteiger partial charge is 0.323 e. The van der Waals surface area contributed by atoms with E-state index in [0.717, 1.165) is 9.80 Å². The lowest BCUT2D eigenvalue weighted by Crippen LogP contribution is -2.61. The van der Waals surface area contributed by atoms with Gasteiger partial charge in [0.25, 0.3) is 5.91 Å². The molecule has 3 amide bonds. The second-order valence-electron chi connectivity index (χ2n) is 6.85. The molecular weight excluding hydrogens is 424 g/mol. The Kier molecular flexibility index (Phi) is 8.10. The number of nitrogens with one attached hydrogen (secondary N) is 2. The summed E-state index contributed by atoms with van der Waals surface area (Å²) in [6, 6.07) is 4.86. The zero-order chi connectivity index (χ0) is 23.8. The molecule has 32 heavy (non-hydrogen) atoms. The van der Waals surface area contributed by atoms with Gasteiger partial charge < -0.3 is 36.4 Å². The molecule has 0 aromatic heterocycles. The molecule has 1 aliphatic heterocycles. The van der Waals surface area contributed by atoms with Crippen molar-refractivity contribution in [2.24, 2.45) is 10.7 Å². The van der Waals surface area contributed by atoms with Gasteiger partial charge in [0.1, 0.15) is 12.6 Å². The first-order valence-electron chi connectivity index (χ1n) is 9.51. The quantitative estimate of drug-likeness (QED) is 0.229. The monoisotopic (exact) mass is 448 g/mol. The van der Waals surface area contributed by atoms with Crippen LogP contribution in [0.5, 0.6) is 0 Å². The third kappa shape index (κ3) is 6.42. The van der Waals surface area contributed by atoms with Crippen molar-refractivity contribution in [2.45, 2.75) is 12.5 Å². The van der Waals surface area contributed by atoms with Crippen molar-refractivity contribution in [1.29, 1.82) is 0 Å². The number of hydrogen-bond donors (Lipinski definition) is 5. The van der Waals surface area contributed by atoms with Crippen molar-refractivity contribution in [3.8, 4) is 0 Å². The number of aliphatic imine (C=N–C) groups is 1. The van der Waals surface area contributed by atoms with Crippen LogP contribution in [-0.2, 0) is 19.2 Å². The fraction of sp³-hybridized carbons (Fsp3) is 0.368. The molecular formula is C19H24N6O7. The van der Waals surface area contributed by atoms with Crippen LogP contribution >= 0.6 is 0 Å². The summed E-state index contributed by atoms with van der Waals surface area (Å²) in [5, 5.41) is 23.2. The van der Waals surface area contributed by atoms with E-state index in [0.29, 0.717) is 5.69 Å². The molecule has 2 rings (SSSR count). The number of carbonyl (C=O) groups is 5. The fourth-order valence-electron chi connectivity index (χ4n) is 3.09. The number of nitrogens with zero attached hydrogens (tertiary/aromatic N) is 3. The molecule has 1 saturated heterocycles. The van der Waals surface area contributed by atoms with Crippen molar-refractivity contribution < 1.29 is 34.2 Å². The van der Waals surface area contributed by atoms with Crippen LogP contribution in [0.1, 0.15) is 16.8 Å². The van der Waals surface area contributed by atoms with Gasteiger partial charge in [0, 0.05) is 31.4 Å². The minimum Gasteiger partial charge on any atom is -0.481 e. The number of benzene rings is 1. The molecule has 172 valence electrons. The highest BCUT2D eigenvalue weighted by molar-refractivity contribution is 5.99. The van der Waals surface area contributed by atoms with Crippen molar-refractivity contribution in [2.75, 3.05) is 38.5 Å². The van der Waals surface area contributed by atoms with Crippen LogP contribution < -0.4 is 16.4 Å². The molecule has 1 aromatic rings. The number of carbonyl (C=O) groups excluding carboxylic acids is 3. The summed E-state index contributed by atoms with van der Waals surface area (Å²) < 4.78 is 0. The van der Waals surface area contributed by atoms with Gasteiger partial charge in [0.05, 0.1) is 13.0 Å². The summed E-state index contributed by atoms with van der Waals surface area (Å²) in [5.41, 5.74) is 6.43. The van der Waals surface area contributed by atoms with Gasteiger partial charge in [-0.25, -0.2) is 0 Å². The molecule has 1 heterocycles. The Labute approximate surface area is 182 Å². The van der Waals surface area contributed by atoms with Crippen LogP contribution in [0.25, 0.3) is 0 Å². The lowest BCUT2D eigenvalue weighted by molar-refractivity contribution is -0.157. The summed E-state index contributed by atoms with van der Waals surface area (Å²) in [6.45, 7) is -1.16. The number of amides is 3. The molecule has 1 aromatic carbocycles. The van der Waals surface area contributed by atoms with Gasteiger partial charge in [-0.05, 0) is 24.3 Å². The molecule has 0 bridgehead atoms. The summed E-state index contributed by atoms with van der Waals surface area (Å²) in [6.07, 6.45) is -0.673. The number of anilines is 1. The average molecular weight is 448 g/mol. The van der Waals surface area contributed by atoms with Crippen molar-refractivity contribution in [3.63, 3.8) is 0 Å². The Morgan fingerprint density at radius 2 is 1.78 bits per heavy atom. The van der Waals surface area contributed by atoms with Gasteiger partial charge in [-0.2, -0.15) is 0 Å². The minimum absolute atomic E-state index is 0.0492. The fourth-order valence-corrected chi connectivity index (χ4v) is 3.09. The van der Waals surface area contributed by atoms with E-state index in [1.54, 1.807) is 12.1 Å². The predicted molar refractivity (Wildman–Crippen MR) is 112 cm³/mol. The maximum absolute atomic E-state index is 12.6. The van der Waals surface area contributed by atoms with Gasteiger partial charge >= 0.3 is 11.9 Å². The Bertz CT molecular complexity index is 931. The Balaban J connectivity index is 2.00. The molecule has 1 atom stereocenters. The van der Waals surface area contributed by atoms with Crippen LogP contribution in [0.15, 0.2) is 29.3 Å². The molecule has 0 unspecified atom stereocenters. The minimum atomic E-state index is -1.35. The van der Waals surface area contributed by atoms with Gasteiger partial charge in [-0.1, -0.05) is 0 Å². The third-order valence-corrected chi connectivity index (χ3v) is 4.66. The first kappa shape index (κ1) is 24.1. The molecule has 0 aliphatic carbocycles. The maximum Gasteiger partial charge on any atom is 0.323 e. The van der Waals surface area contributed by atoms with E-state index < -0.39 is 55.2 Å². The molecule has 0 saturated carbocycles. The highest BCUT2D eigenvalue weighted by Gasteiger charge is 2.39. The molecule has 0 radical (unpaired) electrons. The summed E-state index contributed by atoms with van der Waals surface area (Å²) in [5.74, 6) is -4.33. The largest absolute Gasteiger partial charge is 0.481 e. The number of hydrogen-bond acceptors (Lipinski definition) is 6. The number of aliphatic carboxylic acids is 2. The molecule has 6 N–H and O–H groups in total. The van der Waals surface area contributed by atoms with E-state index in [4.69, 9.17) is 15.9 Å². The molecule has 13 nitrogen and oxygen atoms in total. The van der Waals surface area contributed by atoms with Crippen LogP contribution in [0.4, 0.5) is 5.69 Å². The highest BCUT2D eigenvalue weighted by atomic mass is 16.4. The molecule has 0 spiro atoms. The van der Waals surface area contributed by atoms with Gasteiger partial charge in [-0.3, -0.25) is 29.0 Å². The van der Waals surface area contributed by atoms with E-state index in [1.165, 1.54) is 19.2 Å². The predicted octanol–water partition coefficient (Wildman–Crippen LogP) is -1.63. The van der Waals surface area contributed by atoms with E-state index in [1.807, 2.05) is 0 Å². The second-order valence-corrected chi connectivity index (χ2v) is 6.85. The normalized spacial score (nSPS) is 16.5. The van der Waals surface area contributed by atoms with Gasteiger partial charge in [0.2, 0.25) is 11.8 Å². The number of nitrogens with two attached hydrogens (primary N) is 1. The van der Waals surface area contributed by atoms with Crippen molar-refractivity contribution >= 4 is 41.3 Å². The Morgan fingerprint density at radius 3 is 2.34 bits per heavy atom. The standard InChI is InChI=1S/C19H24N6O7/c1-21-19(20)23-12-4-2-11(3-5-12)17(31)22-9-14(26)25-7-6-24(10-16(29)30)18(32)13(25)8-15(27)28/h2-5,13H,6-10H2,1H3,(H,22,31)(H,27,28)(H,29,30)(H3,20,21,23)/t13-/m0/s1. The first-order chi connectivity index (χ1) is 15.1. The third-order valence-electron chi connectivity index (χ3n) is 4.66. The zero-order valence-corrected chi connectivity index (χ0v) is 17.3. The van der Waals surface area contributed by atoms with Crippen LogP contribution in [-0.4, -0.2) is 94.9 Å². The summed E-state index contributed by atoms with van der Waals surface area (Å²) >= 11 is 0. The zero-order valence-electron chi connectivity index (χ0n) is 17.3. The number of rotatable bonds is 8. The summed E-state index contributed by atoms with van der Waals surface area (Å²) in [4.78, 5) is 65.3. The van der Waals surface area contributed by atoms with Gasteiger partial charge in [0.15, 0.2) is 5.96 Å². The van der Waals surface area contributed by atoms with E-state index >= 15 is 0 Å². The van der Waals surface area contributed by atoms with Crippen molar-refractivity contribution in [3.05, 3.63) is 29.8 Å². The first-order valence-corrected chi connectivity index (χ1v) is 9.51. The lowest BCUT2D eigenvalue weighted by Gasteiger charge is -2.39. The number of carboxylic acids is 2. The van der Waals surface area contributed by atoms with Crippen LogP contribution in [0.2, 0.25) is 0 Å². The van der Waals surface area contributed by atoms with Crippen LogP contribution in [0, 0.1) is 0 Å². The summed E-state index contributed by atoms with van der Waals surface area (Å²) in [7, 11) is 1.52. The highest BCUT2D eigenvalue weighted by Crippen LogP contribution is 2.15. The Hall–Kier alpha value is -4.16. The Morgan fingerprint density at radius 1 is 1.12 bits per heavy atom. The topological polar surface area (TPSA) is 195 Å².